The van der Waals surface area contributed by atoms with Gasteiger partial charge in [-0.25, -0.2) is 4.79 Å². The van der Waals surface area contributed by atoms with Crippen LogP contribution in [-0.4, -0.2) is 11.4 Å². The van der Waals surface area contributed by atoms with E-state index < -0.39 is 0 Å². The quantitative estimate of drug-likeness (QED) is 0.449. The highest BCUT2D eigenvalue weighted by Gasteiger charge is 2.14. The number of urea groups is 1. The molecule has 3 nitrogen and oxygen atoms in total. The molecule has 0 aromatic carbocycles. The van der Waals surface area contributed by atoms with Gasteiger partial charge in [0.05, 0.1) is 5.37 Å². The SMILES string of the molecule is CC1NC(=O)NS1. The number of amides is 2. The van der Waals surface area contributed by atoms with Gasteiger partial charge in [0.1, 0.15) is 0 Å². The second kappa shape index (κ2) is 1.61. The highest BCUT2D eigenvalue weighted by molar-refractivity contribution is 7.98. The molecule has 1 saturated heterocycles. The summed E-state index contributed by atoms with van der Waals surface area (Å²) >= 11 is 1.39. The maximum Gasteiger partial charge on any atom is 0.325 e. The zero-order chi connectivity index (χ0) is 5.28. The molecule has 2 amide bonds. The molecule has 2 N–H and O–H groups in total. The van der Waals surface area contributed by atoms with Gasteiger partial charge < -0.3 is 5.32 Å². The van der Waals surface area contributed by atoms with Gasteiger partial charge in [0.15, 0.2) is 0 Å². The maximum atomic E-state index is 10.2. The zero-order valence-electron chi connectivity index (χ0n) is 3.89. The van der Waals surface area contributed by atoms with Gasteiger partial charge in [0.25, 0.3) is 0 Å². The Morgan fingerprint density at radius 3 is 2.71 bits per heavy atom. The topological polar surface area (TPSA) is 41.1 Å². The Labute approximate surface area is 46.0 Å². The lowest BCUT2D eigenvalue weighted by Crippen LogP contribution is -2.23. The van der Waals surface area contributed by atoms with Crippen molar-refractivity contribution in [2.75, 3.05) is 0 Å². The fourth-order valence-electron chi connectivity index (χ4n) is 0.385. The molecule has 1 unspecified atom stereocenters. The second-order valence-corrected chi connectivity index (χ2v) is 2.48. The number of rotatable bonds is 0. The van der Waals surface area contributed by atoms with E-state index in [1.807, 2.05) is 6.92 Å². The van der Waals surface area contributed by atoms with Crippen molar-refractivity contribution in [3.05, 3.63) is 0 Å². The minimum atomic E-state index is -0.0856. The van der Waals surface area contributed by atoms with E-state index in [4.69, 9.17) is 0 Å². The van der Waals surface area contributed by atoms with Gasteiger partial charge in [0.2, 0.25) is 0 Å². The minimum Gasteiger partial charge on any atom is -0.324 e. The summed E-state index contributed by atoms with van der Waals surface area (Å²) < 4.78 is 2.54. The molecule has 1 aliphatic rings. The molecule has 0 saturated carbocycles. The van der Waals surface area contributed by atoms with Gasteiger partial charge >= 0.3 is 6.03 Å². The molecule has 4 heteroatoms. The van der Waals surface area contributed by atoms with Gasteiger partial charge in [-0.15, -0.1) is 0 Å². The van der Waals surface area contributed by atoms with Gasteiger partial charge in [-0.1, -0.05) is 0 Å². The molecule has 7 heavy (non-hydrogen) atoms. The van der Waals surface area contributed by atoms with Crippen molar-refractivity contribution in [2.24, 2.45) is 0 Å². The Hall–Kier alpha value is -0.380. The summed E-state index contributed by atoms with van der Waals surface area (Å²) in [6.07, 6.45) is 0. The molecular formula is C3H6N2OS. The molecule has 1 atom stereocenters. The van der Waals surface area contributed by atoms with Crippen LogP contribution in [0.3, 0.4) is 0 Å². The number of carbonyl (C=O) groups excluding carboxylic acids is 1. The molecule has 1 rings (SSSR count). The summed E-state index contributed by atoms with van der Waals surface area (Å²) in [7, 11) is 0. The summed E-state index contributed by atoms with van der Waals surface area (Å²) in [6, 6.07) is -0.0856. The van der Waals surface area contributed by atoms with E-state index in [1.54, 1.807) is 0 Å². The lowest BCUT2D eigenvalue weighted by Gasteiger charge is -1.91. The van der Waals surface area contributed by atoms with Crippen LogP contribution in [0.15, 0.2) is 0 Å². The van der Waals surface area contributed by atoms with Crippen LogP contribution in [0.5, 0.6) is 0 Å². The fraction of sp³-hybridized carbons (Fsp3) is 0.667. The highest BCUT2D eigenvalue weighted by atomic mass is 32.2. The lowest BCUT2D eigenvalue weighted by atomic mass is 10.7. The van der Waals surface area contributed by atoms with Gasteiger partial charge in [0, 0.05) is 0 Å². The van der Waals surface area contributed by atoms with E-state index >= 15 is 0 Å². The summed E-state index contributed by atoms with van der Waals surface area (Å²) in [5.74, 6) is 0. The summed E-state index contributed by atoms with van der Waals surface area (Å²) in [5, 5.41) is 2.86. The average molecular weight is 118 g/mol. The monoisotopic (exact) mass is 118 g/mol. The molecule has 0 bridgehead atoms. The first-order chi connectivity index (χ1) is 3.29. The Kier molecular flexibility index (Phi) is 1.10. The predicted octanol–water partition coefficient (Wildman–Crippen LogP) is 0.293. The molecule has 0 radical (unpaired) electrons. The van der Waals surface area contributed by atoms with Crippen LogP contribution < -0.4 is 10.0 Å². The van der Waals surface area contributed by atoms with E-state index in [9.17, 15) is 4.79 Å². The summed E-state index contributed by atoms with van der Waals surface area (Å²) in [4.78, 5) is 10.2. The summed E-state index contributed by atoms with van der Waals surface area (Å²) in [5.41, 5.74) is 0. The number of hydrogen-bond acceptors (Lipinski definition) is 2. The van der Waals surface area contributed by atoms with E-state index in [-0.39, 0.29) is 11.4 Å². The van der Waals surface area contributed by atoms with E-state index in [0.29, 0.717) is 0 Å². The van der Waals surface area contributed by atoms with Crippen LogP contribution in [0.2, 0.25) is 0 Å². The van der Waals surface area contributed by atoms with Crippen molar-refractivity contribution in [3.63, 3.8) is 0 Å². The first-order valence-corrected chi connectivity index (χ1v) is 2.89. The average Bonchev–Trinajstić information content (AvgIpc) is 1.87. The molecule has 1 heterocycles. The molecule has 1 fully saturated rings. The normalized spacial score (nSPS) is 29.3. The van der Waals surface area contributed by atoms with Gasteiger partial charge in [-0.2, -0.15) is 0 Å². The number of hydrogen-bond donors (Lipinski definition) is 2. The zero-order valence-corrected chi connectivity index (χ0v) is 4.71. The fourth-order valence-corrected chi connectivity index (χ4v) is 0.894. The van der Waals surface area contributed by atoms with Crippen LogP contribution in [-0.2, 0) is 0 Å². The van der Waals surface area contributed by atoms with Crippen LogP contribution in [0.25, 0.3) is 0 Å². The lowest BCUT2D eigenvalue weighted by molar-refractivity contribution is 0.248. The van der Waals surface area contributed by atoms with E-state index in [0.717, 1.165) is 0 Å². The molecule has 0 aliphatic carbocycles. The van der Waals surface area contributed by atoms with Crippen LogP contribution in [0.4, 0.5) is 4.79 Å². The Bertz CT molecular complexity index is 94.9. The summed E-state index contributed by atoms with van der Waals surface area (Å²) in [6.45, 7) is 1.92. The van der Waals surface area contributed by atoms with Crippen LogP contribution in [0.1, 0.15) is 6.92 Å². The third-order valence-electron chi connectivity index (χ3n) is 0.663. The van der Waals surface area contributed by atoms with Crippen molar-refractivity contribution in [3.8, 4) is 0 Å². The molecule has 0 aromatic heterocycles. The number of nitrogens with one attached hydrogen (secondary N) is 2. The van der Waals surface area contributed by atoms with E-state index in [1.165, 1.54) is 11.9 Å². The van der Waals surface area contributed by atoms with Gasteiger partial charge in [-0.05, 0) is 18.9 Å². The molecule has 1 aliphatic heterocycles. The Morgan fingerprint density at radius 1 is 1.86 bits per heavy atom. The second-order valence-electron chi connectivity index (χ2n) is 1.34. The molecule has 0 aromatic rings. The number of carbonyl (C=O) groups is 1. The third-order valence-corrected chi connectivity index (χ3v) is 1.44. The smallest absolute Gasteiger partial charge is 0.324 e. The first-order valence-electron chi connectivity index (χ1n) is 2.01. The Balaban J connectivity index is 2.40. The van der Waals surface area contributed by atoms with Crippen molar-refractivity contribution >= 4 is 18.0 Å². The van der Waals surface area contributed by atoms with Gasteiger partial charge in [-0.3, -0.25) is 4.72 Å². The van der Waals surface area contributed by atoms with Crippen LogP contribution >= 0.6 is 11.9 Å². The van der Waals surface area contributed by atoms with Crippen molar-refractivity contribution in [1.29, 1.82) is 0 Å². The largest absolute Gasteiger partial charge is 0.325 e. The minimum absolute atomic E-state index is 0.0856. The van der Waals surface area contributed by atoms with Crippen molar-refractivity contribution in [1.82, 2.24) is 10.0 Å². The van der Waals surface area contributed by atoms with Crippen molar-refractivity contribution in [2.45, 2.75) is 12.3 Å². The molecule has 40 valence electrons. The first kappa shape index (κ1) is 4.77. The standard InChI is InChI=1S/C3H6N2OS/c1-2-4-3(6)5-7-2/h2H,1H3,(H2,4,5,6). The molecular weight excluding hydrogens is 112 g/mol. The maximum absolute atomic E-state index is 10.2. The van der Waals surface area contributed by atoms with E-state index in [2.05, 4.69) is 10.0 Å². The van der Waals surface area contributed by atoms with Crippen LogP contribution in [0, 0.1) is 0 Å². The third kappa shape index (κ3) is 0.991. The van der Waals surface area contributed by atoms with Crippen molar-refractivity contribution < 1.29 is 4.79 Å². The predicted molar refractivity (Wildman–Crippen MR) is 28.7 cm³/mol. The highest BCUT2D eigenvalue weighted by Crippen LogP contribution is 2.06. The Morgan fingerprint density at radius 2 is 2.57 bits per heavy atom. The molecule has 0 spiro atoms.